The van der Waals surface area contributed by atoms with Crippen molar-refractivity contribution in [1.29, 1.82) is 0 Å². The highest BCUT2D eigenvalue weighted by Gasteiger charge is 2.37. The highest BCUT2D eigenvalue weighted by molar-refractivity contribution is 6.00. The molecule has 7 nitrogen and oxygen atoms in total. The second kappa shape index (κ2) is 8.19. The van der Waals surface area contributed by atoms with Crippen LogP contribution in [-0.2, 0) is 6.42 Å². The van der Waals surface area contributed by atoms with Gasteiger partial charge in [0.15, 0.2) is 0 Å². The second-order valence-corrected chi connectivity index (χ2v) is 9.08. The first kappa shape index (κ1) is 22.5. The molecule has 1 amide bonds. The molecule has 10 heteroatoms. The number of carbonyl (C=O) groups is 1. The van der Waals surface area contributed by atoms with Gasteiger partial charge in [-0.2, -0.15) is 13.2 Å². The molecule has 2 aliphatic heterocycles. The number of methoxy groups -OCH3 is 1. The minimum atomic E-state index is -4.45. The van der Waals surface area contributed by atoms with Crippen LogP contribution >= 0.6 is 0 Å². The summed E-state index contributed by atoms with van der Waals surface area (Å²) < 4.78 is 46.1. The number of likely N-dealkylation sites (N-methyl/N-ethyl adjacent to an activating group) is 1. The number of benzene rings is 1. The molecule has 2 aliphatic rings. The fourth-order valence-corrected chi connectivity index (χ4v) is 4.68. The first-order chi connectivity index (χ1) is 16.1. The zero-order chi connectivity index (χ0) is 24.2. The molecule has 1 fully saturated rings. The monoisotopic (exact) mass is 473 g/mol. The number of pyridine rings is 1. The smallest absolute Gasteiger partial charge is 0.406 e. The van der Waals surface area contributed by atoms with E-state index in [4.69, 9.17) is 4.74 Å². The predicted molar refractivity (Wildman–Crippen MR) is 123 cm³/mol. The number of rotatable bonds is 5. The number of imidazole rings is 1. The summed E-state index contributed by atoms with van der Waals surface area (Å²) in [4.78, 5) is 22.7. The molecule has 34 heavy (non-hydrogen) atoms. The second-order valence-electron chi connectivity index (χ2n) is 9.08. The SMILES string of the molecule is COc1cc(-c2cnc3cc(N4CC(N(C)C)C4)ccn23)cc2c1C(=O)N(CC(F)(F)F)CC2. The van der Waals surface area contributed by atoms with Gasteiger partial charge in [-0.25, -0.2) is 4.98 Å². The van der Waals surface area contributed by atoms with E-state index in [1.807, 2.05) is 22.7 Å². The molecule has 0 saturated carbocycles. The molecule has 2 aromatic heterocycles. The van der Waals surface area contributed by atoms with Gasteiger partial charge < -0.3 is 19.4 Å². The topological polar surface area (TPSA) is 53.3 Å². The summed E-state index contributed by atoms with van der Waals surface area (Å²) in [6.07, 6.45) is -0.388. The molecule has 5 rings (SSSR count). The van der Waals surface area contributed by atoms with E-state index in [9.17, 15) is 18.0 Å². The van der Waals surface area contributed by atoms with E-state index in [2.05, 4.69) is 34.9 Å². The Hall–Kier alpha value is -3.27. The number of nitrogens with zero attached hydrogens (tertiary/aromatic N) is 5. The van der Waals surface area contributed by atoms with E-state index in [0.717, 1.165) is 40.6 Å². The van der Waals surface area contributed by atoms with Gasteiger partial charge in [0, 0.05) is 49.2 Å². The number of ether oxygens (including phenoxy) is 1. The first-order valence-electron chi connectivity index (χ1n) is 11.1. The third-order valence-electron chi connectivity index (χ3n) is 6.68. The Labute approximate surface area is 195 Å². The Morgan fingerprint density at radius 3 is 2.65 bits per heavy atom. The summed E-state index contributed by atoms with van der Waals surface area (Å²) in [5.41, 5.74) is 4.41. The molecule has 4 heterocycles. The Kier molecular flexibility index (Phi) is 5.43. The molecule has 3 aromatic rings. The van der Waals surface area contributed by atoms with Gasteiger partial charge in [-0.3, -0.25) is 9.20 Å². The molecule has 180 valence electrons. The van der Waals surface area contributed by atoms with Gasteiger partial charge in [0.2, 0.25) is 0 Å². The molecular formula is C24H26F3N5O2. The molecule has 0 spiro atoms. The third kappa shape index (κ3) is 3.96. The van der Waals surface area contributed by atoms with Crippen LogP contribution in [-0.4, -0.2) is 84.7 Å². The number of anilines is 1. The predicted octanol–water partition coefficient (Wildman–Crippen LogP) is 3.32. The first-order valence-corrected chi connectivity index (χ1v) is 11.1. The lowest BCUT2D eigenvalue weighted by molar-refractivity contribution is -0.141. The van der Waals surface area contributed by atoms with Crippen molar-refractivity contribution in [2.75, 3.05) is 52.3 Å². The zero-order valence-electron chi connectivity index (χ0n) is 19.3. The molecule has 0 radical (unpaired) electrons. The third-order valence-corrected chi connectivity index (χ3v) is 6.68. The number of amides is 1. The standard InChI is InChI=1S/C24H26F3N5O2/c1-29(2)18-12-31(13-18)17-5-7-32-19(11-28-21(32)10-17)16-8-15-4-6-30(14-24(25,26)27)23(33)22(15)20(9-16)34-3/h5,7-11,18H,4,6,12-14H2,1-3H3. The Bertz CT molecular complexity index is 1230. The Balaban J connectivity index is 1.46. The number of carbonyl (C=O) groups excluding carboxylic acids is 1. The fraction of sp³-hybridized carbons (Fsp3) is 0.417. The summed E-state index contributed by atoms with van der Waals surface area (Å²) >= 11 is 0. The molecule has 0 N–H and O–H groups in total. The van der Waals surface area contributed by atoms with Crippen molar-refractivity contribution < 1.29 is 22.7 Å². The van der Waals surface area contributed by atoms with Crippen molar-refractivity contribution >= 4 is 17.2 Å². The summed E-state index contributed by atoms with van der Waals surface area (Å²) in [5.74, 6) is -0.387. The summed E-state index contributed by atoms with van der Waals surface area (Å²) in [6, 6.07) is 8.20. The maximum absolute atomic E-state index is 12.9. The van der Waals surface area contributed by atoms with Gasteiger partial charge in [0.05, 0.1) is 24.6 Å². The summed E-state index contributed by atoms with van der Waals surface area (Å²) in [7, 11) is 5.59. The molecular weight excluding hydrogens is 447 g/mol. The lowest BCUT2D eigenvalue weighted by Crippen LogP contribution is -2.57. The van der Waals surface area contributed by atoms with Crippen LogP contribution in [0.4, 0.5) is 18.9 Å². The van der Waals surface area contributed by atoms with Crippen LogP contribution in [0.2, 0.25) is 0 Å². The van der Waals surface area contributed by atoms with E-state index < -0.39 is 18.6 Å². The van der Waals surface area contributed by atoms with Crippen LogP contribution < -0.4 is 9.64 Å². The van der Waals surface area contributed by atoms with Gasteiger partial charge >= 0.3 is 6.18 Å². The van der Waals surface area contributed by atoms with Crippen LogP contribution in [0.3, 0.4) is 0 Å². The minimum absolute atomic E-state index is 0.0121. The largest absolute Gasteiger partial charge is 0.496 e. The fourth-order valence-electron chi connectivity index (χ4n) is 4.68. The van der Waals surface area contributed by atoms with E-state index >= 15 is 0 Å². The van der Waals surface area contributed by atoms with E-state index in [-0.39, 0.29) is 17.9 Å². The molecule has 0 atom stereocenters. The minimum Gasteiger partial charge on any atom is -0.496 e. The number of alkyl halides is 3. The number of halogens is 3. The highest BCUT2D eigenvalue weighted by atomic mass is 19.4. The lowest BCUT2D eigenvalue weighted by Gasteiger charge is -2.44. The van der Waals surface area contributed by atoms with Crippen molar-refractivity contribution in [3.8, 4) is 17.0 Å². The molecule has 1 saturated heterocycles. The number of fused-ring (bicyclic) bond motifs is 2. The average Bonchev–Trinajstić information content (AvgIpc) is 3.16. The van der Waals surface area contributed by atoms with Crippen molar-refractivity contribution in [1.82, 2.24) is 19.2 Å². The Morgan fingerprint density at radius 2 is 1.97 bits per heavy atom. The van der Waals surface area contributed by atoms with Crippen molar-refractivity contribution in [3.63, 3.8) is 0 Å². The number of hydrogen-bond donors (Lipinski definition) is 0. The van der Waals surface area contributed by atoms with Crippen LogP contribution in [0.5, 0.6) is 5.75 Å². The van der Waals surface area contributed by atoms with Gasteiger partial charge in [0.25, 0.3) is 5.91 Å². The molecule has 0 unspecified atom stereocenters. The Morgan fingerprint density at radius 1 is 1.21 bits per heavy atom. The lowest BCUT2D eigenvalue weighted by atomic mass is 9.94. The van der Waals surface area contributed by atoms with Crippen molar-refractivity contribution in [2.24, 2.45) is 0 Å². The molecule has 0 bridgehead atoms. The molecule has 1 aromatic carbocycles. The molecule has 0 aliphatic carbocycles. The van der Waals surface area contributed by atoms with Crippen LogP contribution in [0, 0.1) is 0 Å². The van der Waals surface area contributed by atoms with Crippen LogP contribution in [0.1, 0.15) is 15.9 Å². The van der Waals surface area contributed by atoms with Crippen LogP contribution in [0.25, 0.3) is 16.9 Å². The number of aromatic nitrogens is 2. The van der Waals surface area contributed by atoms with Crippen LogP contribution in [0.15, 0.2) is 36.7 Å². The maximum Gasteiger partial charge on any atom is 0.406 e. The van der Waals surface area contributed by atoms with Gasteiger partial charge in [0.1, 0.15) is 17.9 Å². The summed E-state index contributed by atoms with van der Waals surface area (Å²) in [6.45, 7) is 0.687. The average molecular weight is 473 g/mol. The normalized spacial score (nSPS) is 16.9. The highest BCUT2D eigenvalue weighted by Crippen LogP contribution is 2.35. The van der Waals surface area contributed by atoms with E-state index in [1.54, 1.807) is 12.3 Å². The van der Waals surface area contributed by atoms with Gasteiger partial charge in [-0.1, -0.05) is 0 Å². The summed E-state index contributed by atoms with van der Waals surface area (Å²) in [5, 5.41) is 0. The van der Waals surface area contributed by atoms with E-state index in [0.29, 0.717) is 18.0 Å². The van der Waals surface area contributed by atoms with Gasteiger partial charge in [-0.15, -0.1) is 0 Å². The van der Waals surface area contributed by atoms with Gasteiger partial charge in [-0.05, 0) is 44.3 Å². The van der Waals surface area contributed by atoms with Crippen molar-refractivity contribution in [3.05, 3.63) is 47.8 Å². The quantitative estimate of drug-likeness (QED) is 0.569. The van der Waals surface area contributed by atoms with Crippen molar-refractivity contribution in [2.45, 2.75) is 18.6 Å². The maximum atomic E-state index is 12.9. The van der Waals surface area contributed by atoms with E-state index in [1.165, 1.54) is 7.11 Å². The zero-order valence-corrected chi connectivity index (χ0v) is 19.3. The number of hydrogen-bond acceptors (Lipinski definition) is 5.